The van der Waals surface area contributed by atoms with E-state index in [1.54, 1.807) is 13.0 Å². The van der Waals surface area contributed by atoms with E-state index in [0.717, 1.165) is 17.7 Å². The first-order valence-corrected chi connectivity index (χ1v) is 7.10. The van der Waals surface area contributed by atoms with Crippen LogP contribution in [0, 0.1) is 13.8 Å². The third-order valence-electron chi connectivity index (χ3n) is 2.90. The highest BCUT2D eigenvalue weighted by molar-refractivity contribution is 7.99. The number of carboxylic acids is 1. The third kappa shape index (κ3) is 3.68. The Morgan fingerprint density at radius 3 is 3.00 bits per heavy atom. The first-order chi connectivity index (χ1) is 9.08. The maximum Gasteiger partial charge on any atom is 0.338 e. The Labute approximate surface area is 116 Å². The second-order valence-corrected chi connectivity index (χ2v) is 5.49. The summed E-state index contributed by atoms with van der Waals surface area (Å²) in [7, 11) is 0. The van der Waals surface area contributed by atoms with Gasteiger partial charge in [0.05, 0.1) is 18.3 Å². The summed E-state index contributed by atoms with van der Waals surface area (Å²) in [6.45, 7) is 4.68. The van der Waals surface area contributed by atoms with Gasteiger partial charge in [0.1, 0.15) is 11.8 Å². The predicted octanol–water partition coefficient (Wildman–Crippen LogP) is 2.25. The first-order valence-electron chi connectivity index (χ1n) is 6.11. The van der Waals surface area contributed by atoms with Gasteiger partial charge in [0.15, 0.2) is 0 Å². The van der Waals surface area contributed by atoms with E-state index in [9.17, 15) is 9.90 Å². The monoisotopic (exact) mass is 283 g/mol. The van der Waals surface area contributed by atoms with Crippen LogP contribution in [0.1, 0.15) is 28.0 Å². The zero-order valence-electron chi connectivity index (χ0n) is 11.0. The molecule has 6 heteroatoms. The quantitative estimate of drug-likeness (QED) is 0.855. The Morgan fingerprint density at radius 2 is 2.37 bits per heavy atom. The van der Waals surface area contributed by atoms with Crippen molar-refractivity contribution in [1.29, 1.82) is 0 Å². The lowest BCUT2D eigenvalue weighted by Gasteiger charge is -2.22. The van der Waals surface area contributed by atoms with Crippen LogP contribution in [0.25, 0.3) is 0 Å². The van der Waals surface area contributed by atoms with Crippen LogP contribution >= 0.6 is 11.8 Å². The van der Waals surface area contributed by atoms with Crippen molar-refractivity contribution < 1.29 is 19.4 Å². The van der Waals surface area contributed by atoms with Gasteiger partial charge in [-0.25, -0.2) is 9.78 Å². The van der Waals surface area contributed by atoms with Crippen molar-refractivity contribution in [3.05, 3.63) is 22.9 Å². The minimum Gasteiger partial charge on any atom is -0.478 e. The summed E-state index contributed by atoms with van der Waals surface area (Å²) in [4.78, 5) is 15.6. The van der Waals surface area contributed by atoms with Gasteiger partial charge in [-0.15, -0.1) is 11.8 Å². The molecular weight excluding hydrogens is 266 g/mol. The maximum atomic E-state index is 11.3. The van der Waals surface area contributed by atoms with Gasteiger partial charge >= 0.3 is 5.97 Å². The van der Waals surface area contributed by atoms with Crippen molar-refractivity contribution in [2.75, 3.05) is 19.2 Å². The Balaban J connectivity index is 2.12. The van der Waals surface area contributed by atoms with Crippen molar-refractivity contribution >= 4 is 17.7 Å². The summed E-state index contributed by atoms with van der Waals surface area (Å²) >= 11 is 1.44. The molecule has 5 nitrogen and oxygen atoms in total. The first kappa shape index (κ1) is 14.3. The lowest BCUT2D eigenvalue weighted by Crippen LogP contribution is -2.25. The van der Waals surface area contributed by atoms with Crippen LogP contribution in [0.3, 0.4) is 0 Å². The van der Waals surface area contributed by atoms with E-state index in [1.165, 1.54) is 11.8 Å². The van der Waals surface area contributed by atoms with Crippen LogP contribution in [-0.2, 0) is 9.47 Å². The van der Waals surface area contributed by atoms with Crippen molar-refractivity contribution in [3.8, 4) is 0 Å². The van der Waals surface area contributed by atoms with Gasteiger partial charge in [0.25, 0.3) is 0 Å². The number of aryl methyl sites for hydroxylation is 2. The molecule has 2 heterocycles. The molecule has 2 rings (SSSR count). The molecule has 19 heavy (non-hydrogen) atoms. The molecule has 0 aliphatic carbocycles. The number of thioether (sulfide) groups is 1. The predicted molar refractivity (Wildman–Crippen MR) is 71.7 cm³/mol. The maximum absolute atomic E-state index is 11.3. The molecule has 1 aliphatic heterocycles. The fourth-order valence-corrected chi connectivity index (χ4v) is 3.18. The van der Waals surface area contributed by atoms with Crippen LogP contribution in [0.4, 0.5) is 0 Å². The van der Waals surface area contributed by atoms with Crippen LogP contribution < -0.4 is 0 Å². The summed E-state index contributed by atoms with van der Waals surface area (Å²) in [5, 5.41) is 9.84. The lowest BCUT2D eigenvalue weighted by atomic mass is 10.1. The van der Waals surface area contributed by atoms with Gasteiger partial charge < -0.3 is 14.6 Å². The molecule has 0 bridgehead atoms. The molecule has 1 fully saturated rings. The molecular formula is C13H17NO4S. The number of ether oxygens (including phenoxy) is 2. The third-order valence-corrected chi connectivity index (χ3v) is 4.01. The summed E-state index contributed by atoms with van der Waals surface area (Å²) in [5.74, 6) is -0.236. The van der Waals surface area contributed by atoms with Crippen molar-refractivity contribution in [1.82, 2.24) is 4.98 Å². The average Bonchev–Trinajstić information content (AvgIpc) is 2.36. The molecule has 0 saturated carbocycles. The van der Waals surface area contributed by atoms with Crippen molar-refractivity contribution in [2.45, 2.75) is 31.4 Å². The number of pyridine rings is 1. The SMILES string of the molecule is Cc1cc(C)c(C(=O)O)c(SCC2CCOCO2)n1. The van der Waals surface area contributed by atoms with E-state index in [2.05, 4.69) is 4.98 Å². The van der Waals surface area contributed by atoms with E-state index < -0.39 is 5.97 Å². The van der Waals surface area contributed by atoms with E-state index in [4.69, 9.17) is 9.47 Å². The van der Waals surface area contributed by atoms with E-state index >= 15 is 0 Å². The molecule has 1 aliphatic rings. The smallest absolute Gasteiger partial charge is 0.338 e. The minimum atomic E-state index is -0.930. The highest BCUT2D eigenvalue weighted by Crippen LogP contribution is 2.26. The number of hydrogen-bond donors (Lipinski definition) is 1. The second-order valence-electron chi connectivity index (χ2n) is 4.48. The molecule has 1 unspecified atom stereocenters. The van der Waals surface area contributed by atoms with Crippen LogP contribution in [0.2, 0.25) is 0 Å². The number of aromatic nitrogens is 1. The van der Waals surface area contributed by atoms with E-state index in [0.29, 0.717) is 29.7 Å². The van der Waals surface area contributed by atoms with Crippen LogP contribution in [0.15, 0.2) is 11.1 Å². The van der Waals surface area contributed by atoms with E-state index in [-0.39, 0.29) is 6.10 Å². The molecule has 0 amide bonds. The lowest BCUT2D eigenvalue weighted by molar-refractivity contribution is -0.130. The van der Waals surface area contributed by atoms with Gasteiger partial charge in [0.2, 0.25) is 0 Å². The molecule has 0 spiro atoms. The van der Waals surface area contributed by atoms with Gasteiger partial charge in [-0.2, -0.15) is 0 Å². The zero-order valence-corrected chi connectivity index (χ0v) is 11.8. The standard InChI is InChI=1S/C13H17NO4S/c1-8-5-9(2)14-12(11(8)13(15)16)19-6-10-3-4-17-7-18-10/h5,10H,3-4,6-7H2,1-2H3,(H,15,16). The van der Waals surface area contributed by atoms with Crippen LogP contribution in [0.5, 0.6) is 0 Å². The number of hydrogen-bond acceptors (Lipinski definition) is 5. The Bertz CT molecular complexity index is 472. The summed E-state index contributed by atoms with van der Waals surface area (Å²) < 4.78 is 10.6. The molecule has 1 aromatic heterocycles. The van der Waals surface area contributed by atoms with Gasteiger partial charge in [-0.3, -0.25) is 0 Å². The van der Waals surface area contributed by atoms with Gasteiger partial charge in [-0.1, -0.05) is 0 Å². The molecule has 0 aromatic carbocycles. The average molecular weight is 283 g/mol. The normalized spacial score (nSPS) is 19.4. The number of nitrogens with zero attached hydrogens (tertiary/aromatic N) is 1. The topological polar surface area (TPSA) is 68.7 Å². The largest absolute Gasteiger partial charge is 0.478 e. The van der Waals surface area contributed by atoms with E-state index in [1.807, 2.05) is 6.92 Å². The van der Waals surface area contributed by atoms with Gasteiger partial charge in [-0.05, 0) is 31.9 Å². The summed E-state index contributed by atoms with van der Waals surface area (Å²) in [6.07, 6.45) is 0.934. The Morgan fingerprint density at radius 1 is 1.58 bits per heavy atom. The van der Waals surface area contributed by atoms with Gasteiger partial charge in [0, 0.05) is 11.4 Å². The fraction of sp³-hybridized carbons (Fsp3) is 0.538. The zero-order chi connectivity index (χ0) is 13.8. The van der Waals surface area contributed by atoms with Crippen LogP contribution in [-0.4, -0.2) is 41.3 Å². The Kier molecular flexibility index (Phi) is 4.79. The highest BCUT2D eigenvalue weighted by atomic mass is 32.2. The van der Waals surface area contributed by atoms with Crippen molar-refractivity contribution in [3.63, 3.8) is 0 Å². The Hall–Kier alpha value is -1.11. The number of rotatable bonds is 4. The minimum absolute atomic E-state index is 0.100. The van der Waals surface area contributed by atoms with Crippen molar-refractivity contribution in [2.24, 2.45) is 0 Å². The summed E-state index contributed by atoms with van der Waals surface area (Å²) in [6, 6.07) is 1.79. The molecule has 1 aromatic rings. The molecule has 0 radical (unpaired) electrons. The number of carboxylic acid groups (broad SMARTS) is 1. The molecule has 1 N–H and O–H groups in total. The fourth-order valence-electron chi connectivity index (χ4n) is 1.97. The number of carbonyl (C=O) groups is 1. The molecule has 104 valence electrons. The molecule has 1 saturated heterocycles. The summed E-state index contributed by atoms with van der Waals surface area (Å²) in [5.41, 5.74) is 1.87. The second kappa shape index (κ2) is 6.36. The molecule has 1 atom stereocenters. The highest BCUT2D eigenvalue weighted by Gasteiger charge is 2.19. The number of aromatic carboxylic acids is 1.